The van der Waals surface area contributed by atoms with Crippen LogP contribution in [0.4, 0.5) is 0 Å². The summed E-state index contributed by atoms with van der Waals surface area (Å²) in [7, 11) is 0.0367. The van der Waals surface area contributed by atoms with E-state index in [1.807, 2.05) is 6.07 Å². The lowest BCUT2D eigenvalue weighted by Gasteiger charge is -2.06. The molecule has 0 amide bonds. The van der Waals surface area contributed by atoms with E-state index in [-0.39, 0.29) is 16.3 Å². The van der Waals surface area contributed by atoms with Crippen LogP contribution in [0.15, 0.2) is 28.7 Å². The Morgan fingerprint density at radius 2 is 1.73 bits per heavy atom. The summed E-state index contributed by atoms with van der Waals surface area (Å²) in [6, 6.07) is 8.41. The summed E-state index contributed by atoms with van der Waals surface area (Å²) < 4.78 is 1.24. The first kappa shape index (κ1) is 11.2. The van der Waals surface area contributed by atoms with Gasteiger partial charge < -0.3 is 0 Å². The topological polar surface area (TPSA) is 0 Å². The lowest BCUT2D eigenvalue weighted by Crippen LogP contribution is -1.99. The summed E-state index contributed by atoms with van der Waals surface area (Å²) in [5, 5.41) is 1.44. The SMILES string of the molecule is CP(C)c1ccccc1Br.[B]. The van der Waals surface area contributed by atoms with Gasteiger partial charge in [0, 0.05) is 12.9 Å². The van der Waals surface area contributed by atoms with Gasteiger partial charge in [0.25, 0.3) is 0 Å². The van der Waals surface area contributed by atoms with Gasteiger partial charge in [0.2, 0.25) is 0 Å². The molecule has 0 aliphatic carbocycles. The second-order valence-corrected chi connectivity index (χ2v) is 5.47. The molecule has 11 heavy (non-hydrogen) atoms. The quantitative estimate of drug-likeness (QED) is 0.511. The van der Waals surface area contributed by atoms with Crippen LogP contribution in [0.25, 0.3) is 0 Å². The molecule has 0 saturated carbocycles. The van der Waals surface area contributed by atoms with Crippen molar-refractivity contribution in [2.24, 2.45) is 0 Å². The third-order valence-electron chi connectivity index (χ3n) is 1.33. The molecule has 0 bridgehead atoms. The molecule has 1 aromatic rings. The minimum atomic E-state index is 0. The number of rotatable bonds is 1. The summed E-state index contributed by atoms with van der Waals surface area (Å²) >= 11 is 3.51. The highest BCUT2D eigenvalue weighted by Crippen LogP contribution is 2.27. The minimum Gasteiger partial charge on any atom is -0.0805 e. The predicted octanol–water partition coefficient (Wildman–Crippen LogP) is 2.44. The van der Waals surface area contributed by atoms with Gasteiger partial charge in [-0.25, -0.2) is 0 Å². The zero-order valence-corrected chi connectivity index (χ0v) is 9.19. The van der Waals surface area contributed by atoms with Gasteiger partial charge in [0.1, 0.15) is 0 Å². The molecule has 0 fully saturated rings. The van der Waals surface area contributed by atoms with Gasteiger partial charge in [-0.3, -0.25) is 0 Å². The molecule has 0 heterocycles. The van der Waals surface area contributed by atoms with E-state index in [9.17, 15) is 0 Å². The van der Waals surface area contributed by atoms with Crippen molar-refractivity contribution in [3.8, 4) is 0 Å². The number of hydrogen-bond donors (Lipinski definition) is 0. The predicted molar refractivity (Wildman–Crippen MR) is 58.3 cm³/mol. The molecular weight excluding hydrogens is 218 g/mol. The summed E-state index contributed by atoms with van der Waals surface area (Å²) in [6.07, 6.45) is 0. The van der Waals surface area contributed by atoms with Crippen molar-refractivity contribution in [2.75, 3.05) is 13.3 Å². The standard InChI is InChI=1S/C8H10BrP.B/c1-10(2)8-6-4-3-5-7(8)9;/h3-6H,1-2H3;. The Hall–Kier alpha value is 0.195. The molecule has 0 spiro atoms. The molecule has 0 atom stereocenters. The molecule has 0 unspecified atom stereocenters. The van der Waals surface area contributed by atoms with Crippen LogP contribution in [0.5, 0.6) is 0 Å². The smallest absolute Gasteiger partial charge is 0.0251 e. The Bertz CT molecular complexity index is 225. The summed E-state index contributed by atoms with van der Waals surface area (Å²) in [5.74, 6) is 0. The van der Waals surface area contributed by atoms with Crippen molar-refractivity contribution in [1.82, 2.24) is 0 Å². The van der Waals surface area contributed by atoms with Crippen molar-refractivity contribution >= 4 is 37.6 Å². The lowest BCUT2D eigenvalue weighted by atomic mass is 10.4. The van der Waals surface area contributed by atoms with Crippen molar-refractivity contribution in [3.05, 3.63) is 28.7 Å². The maximum atomic E-state index is 3.51. The fourth-order valence-corrected chi connectivity index (χ4v) is 3.05. The number of hydrogen-bond acceptors (Lipinski definition) is 0. The highest BCUT2D eigenvalue weighted by Gasteiger charge is 2.00. The van der Waals surface area contributed by atoms with E-state index < -0.39 is 0 Å². The third kappa shape index (κ3) is 2.97. The van der Waals surface area contributed by atoms with Crippen molar-refractivity contribution in [3.63, 3.8) is 0 Å². The molecule has 1 aromatic carbocycles. The molecule has 1 rings (SSSR count). The Morgan fingerprint density at radius 1 is 1.18 bits per heavy atom. The zero-order valence-electron chi connectivity index (χ0n) is 6.71. The molecule has 0 aliphatic heterocycles. The van der Waals surface area contributed by atoms with Crippen LogP contribution < -0.4 is 5.30 Å². The van der Waals surface area contributed by atoms with E-state index in [0.717, 1.165) is 0 Å². The minimum absolute atomic E-state index is 0. The van der Waals surface area contributed by atoms with Crippen molar-refractivity contribution < 1.29 is 0 Å². The molecule has 0 saturated heterocycles. The van der Waals surface area contributed by atoms with Gasteiger partial charge in [-0.05, 0) is 24.7 Å². The first-order valence-electron chi connectivity index (χ1n) is 3.13. The second-order valence-electron chi connectivity index (χ2n) is 2.35. The molecule has 0 nitrogen and oxygen atoms in total. The van der Waals surface area contributed by atoms with E-state index in [4.69, 9.17) is 0 Å². The molecule has 0 N–H and O–H groups in total. The van der Waals surface area contributed by atoms with Gasteiger partial charge in [0.15, 0.2) is 0 Å². The molecule has 0 aliphatic rings. The third-order valence-corrected chi connectivity index (χ3v) is 3.69. The molecule has 3 radical (unpaired) electrons. The largest absolute Gasteiger partial charge is 0.0805 e. The van der Waals surface area contributed by atoms with Crippen LogP contribution in [0.3, 0.4) is 0 Å². The second kappa shape index (κ2) is 4.95. The van der Waals surface area contributed by atoms with Crippen LogP contribution in [0.2, 0.25) is 0 Å². The average molecular weight is 228 g/mol. The van der Waals surface area contributed by atoms with Gasteiger partial charge in [-0.1, -0.05) is 42.1 Å². The van der Waals surface area contributed by atoms with E-state index in [0.29, 0.717) is 0 Å². The molecule has 3 heteroatoms. The summed E-state index contributed by atoms with van der Waals surface area (Å²) in [5.41, 5.74) is 0. The van der Waals surface area contributed by atoms with Gasteiger partial charge in [0.05, 0.1) is 0 Å². The first-order valence-corrected chi connectivity index (χ1v) is 6.16. The fourth-order valence-electron chi connectivity index (χ4n) is 0.814. The van der Waals surface area contributed by atoms with Crippen LogP contribution in [0, 0.1) is 0 Å². The van der Waals surface area contributed by atoms with Gasteiger partial charge in [-0.15, -0.1) is 0 Å². The van der Waals surface area contributed by atoms with Crippen LogP contribution in [-0.2, 0) is 0 Å². The van der Waals surface area contributed by atoms with Crippen LogP contribution in [0.1, 0.15) is 0 Å². The Kier molecular flexibility index (Phi) is 5.04. The Morgan fingerprint density at radius 3 is 2.09 bits per heavy atom. The Labute approximate surface area is 79.9 Å². The normalized spacial score (nSPS) is 9.45. The van der Waals surface area contributed by atoms with E-state index >= 15 is 0 Å². The molecule has 0 aromatic heterocycles. The monoisotopic (exact) mass is 227 g/mol. The van der Waals surface area contributed by atoms with Crippen molar-refractivity contribution in [1.29, 1.82) is 0 Å². The average Bonchev–Trinajstić information content (AvgIpc) is 1.88. The van der Waals surface area contributed by atoms with E-state index in [1.54, 1.807) is 0 Å². The Balaban J connectivity index is 0.000001000. The maximum absolute atomic E-state index is 3.51. The highest BCUT2D eigenvalue weighted by molar-refractivity contribution is 9.10. The highest BCUT2D eigenvalue weighted by atomic mass is 79.9. The number of halogens is 1. The van der Waals surface area contributed by atoms with Crippen molar-refractivity contribution in [2.45, 2.75) is 0 Å². The lowest BCUT2D eigenvalue weighted by molar-refractivity contribution is 1.71. The zero-order chi connectivity index (χ0) is 7.56. The molecule has 57 valence electrons. The fraction of sp³-hybridized carbons (Fsp3) is 0.250. The number of benzene rings is 1. The summed E-state index contributed by atoms with van der Waals surface area (Å²) in [6.45, 7) is 4.52. The first-order chi connectivity index (χ1) is 4.72. The maximum Gasteiger partial charge on any atom is 0.0251 e. The van der Waals surface area contributed by atoms with E-state index in [2.05, 4.69) is 47.5 Å². The van der Waals surface area contributed by atoms with Gasteiger partial charge in [-0.2, -0.15) is 0 Å². The van der Waals surface area contributed by atoms with Crippen LogP contribution >= 0.6 is 23.9 Å². The van der Waals surface area contributed by atoms with Crippen LogP contribution in [-0.4, -0.2) is 21.7 Å². The van der Waals surface area contributed by atoms with E-state index in [1.165, 1.54) is 9.78 Å². The summed E-state index contributed by atoms with van der Waals surface area (Å²) in [4.78, 5) is 0. The molecular formula is C8H10BBrP. The van der Waals surface area contributed by atoms with Gasteiger partial charge >= 0.3 is 0 Å².